The molecule has 108 valence electrons. The summed E-state index contributed by atoms with van der Waals surface area (Å²) in [5.41, 5.74) is 0. The maximum atomic E-state index is 5.94. The van der Waals surface area contributed by atoms with Crippen LogP contribution in [0, 0.1) is 0 Å². The van der Waals surface area contributed by atoms with Crippen LogP contribution in [0.25, 0.3) is 0 Å². The first-order valence-corrected chi connectivity index (χ1v) is 7.24. The van der Waals surface area contributed by atoms with E-state index in [1.807, 2.05) is 13.2 Å². The fourth-order valence-electron chi connectivity index (χ4n) is 2.34. The molecule has 0 aliphatic heterocycles. The first kappa shape index (κ1) is 14.3. The van der Waals surface area contributed by atoms with Crippen LogP contribution in [0.5, 0.6) is 5.75 Å². The van der Waals surface area contributed by atoms with Crippen molar-refractivity contribution in [2.24, 2.45) is 7.05 Å². The molecule has 1 fully saturated rings. The Kier molecular flexibility index (Phi) is 5.22. The normalized spacial score (nSPS) is 26.2. The minimum atomic E-state index is 0.144. The van der Waals surface area contributed by atoms with E-state index in [-0.39, 0.29) is 12.2 Å². The van der Waals surface area contributed by atoms with Crippen LogP contribution in [0.3, 0.4) is 0 Å². The van der Waals surface area contributed by atoms with Gasteiger partial charge in [0.25, 0.3) is 0 Å². The summed E-state index contributed by atoms with van der Waals surface area (Å²) >= 11 is 0. The monoisotopic (exact) mass is 267 g/mol. The molecule has 0 spiro atoms. The topological polar surface area (TPSA) is 48.3 Å². The second-order valence-electron chi connectivity index (χ2n) is 5.14. The number of hydrogen-bond donors (Lipinski definition) is 1. The molecule has 0 aromatic carbocycles. The van der Waals surface area contributed by atoms with Crippen LogP contribution in [0.4, 0.5) is 0 Å². The molecule has 0 saturated heterocycles. The van der Waals surface area contributed by atoms with Crippen LogP contribution in [-0.2, 0) is 11.8 Å². The van der Waals surface area contributed by atoms with E-state index in [4.69, 9.17) is 9.47 Å². The summed E-state index contributed by atoms with van der Waals surface area (Å²) in [5.74, 6) is 0.825. The van der Waals surface area contributed by atoms with E-state index in [2.05, 4.69) is 24.3 Å². The van der Waals surface area contributed by atoms with Crippen molar-refractivity contribution in [2.45, 2.75) is 51.4 Å². The molecule has 2 rings (SSSR count). The Morgan fingerprint density at radius 3 is 2.89 bits per heavy atom. The summed E-state index contributed by atoms with van der Waals surface area (Å²) < 4.78 is 13.6. The van der Waals surface area contributed by atoms with Gasteiger partial charge in [-0.25, -0.2) is 0 Å². The molecule has 1 aromatic rings. The largest absolute Gasteiger partial charge is 0.484 e. The maximum Gasteiger partial charge on any atom is 0.157 e. The number of aryl methyl sites for hydroxylation is 1. The molecule has 0 radical (unpaired) electrons. The quantitative estimate of drug-likeness (QED) is 0.779. The van der Waals surface area contributed by atoms with E-state index in [1.165, 1.54) is 0 Å². The highest BCUT2D eigenvalue weighted by molar-refractivity contribution is 5.14. The predicted molar refractivity (Wildman–Crippen MR) is 74.4 cm³/mol. The third-order valence-electron chi connectivity index (χ3n) is 3.39. The minimum absolute atomic E-state index is 0.144. The molecule has 19 heavy (non-hydrogen) atoms. The Hall–Kier alpha value is -1.07. The van der Waals surface area contributed by atoms with Gasteiger partial charge in [0, 0.05) is 26.1 Å². The average molecular weight is 267 g/mol. The van der Waals surface area contributed by atoms with Crippen LogP contribution in [-0.4, -0.2) is 41.2 Å². The van der Waals surface area contributed by atoms with Crippen molar-refractivity contribution in [2.75, 3.05) is 13.2 Å². The Balaban J connectivity index is 1.85. The average Bonchev–Trinajstić information content (AvgIpc) is 2.79. The van der Waals surface area contributed by atoms with Crippen molar-refractivity contribution < 1.29 is 9.47 Å². The molecule has 5 heteroatoms. The highest BCUT2D eigenvalue weighted by Gasteiger charge is 2.43. The zero-order valence-electron chi connectivity index (χ0n) is 12.1. The molecular formula is C14H25N3O2. The van der Waals surface area contributed by atoms with Crippen molar-refractivity contribution in [3.05, 3.63) is 12.4 Å². The molecule has 1 N–H and O–H groups in total. The Labute approximate surface area is 115 Å². The van der Waals surface area contributed by atoms with Gasteiger partial charge < -0.3 is 14.8 Å². The van der Waals surface area contributed by atoms with Gasteiger partial charge in [0.15, 0.2) is 5.75 Å². The van der Waals surface area contributed by atoms with Crippen molar-refractivity contribution in [1.82, 2.24) is 15.1 Å². The van der Waals surface area contributed by atoms with Crippen molar-refractivity contribution in [3.8, 4) is 5.75 Å². The third-order valence-corrected chi connectivity index (χ3v) is 3.39. The number of ether oxygens (including phenoxy) is 2. The van der Waals surface area contributed by atoms with Gasteiger partial charge >= 0.3 is 0 Å². The van der Waals surface area contributed by atoms with Gasteiger partial charge in [-0.3, -0.25) is 4.68 Å². The third kappa shape index (κ3) is 3.70. The van der Waals surface area contributed by atoms with Gasteiger partial charge in [-0.1, -0.05) is 13.8 Å². The predicted octanol–water partition coefficient (Wildman–Crippen LogP) is 1.73. The summed E-state index contributed by atoms with van der Waals surface area (Å²) in [5, 5.41) is 7.64. The first-order valence-electron chi connectivity index (χ1n) is 7.24. The highest BCUT2D eigenvalue weighted by Crippen LogP contribution is 2.29. The molecule has 3 atom stereocenters. The van der Waals surface area contributed by atoms with Gasteiger partial charge in [-0.2, -0.15) is 5.10 Å². The second kappa shape index (κ2) is 6.91. The number of nitrogens with one attached hydrogen (secondary N) is 1. The fourth-order valence-corrected chi connectivity index (χ4v) is 2.34. The number of aromatic nitrogens is 2. The Morgan fingerprint density at radius 2 is 2.26 bits per heavy atom. The molecule has 1 aliphatic rings. The Morgan fingerprint density at radius 1 is 1.42 bits per heavy atom. The number of nitrogens with zero attached hydrogens (tertiary/aromatic N) is 2. The Bertz CT molecular complexity index is 381. The lowest BCUT2D eigenvalue weighted by molar-refractivity contribution is -0.107. The first-order chi connectivity index (χ1) is 9.24. The van der Waals surface area contributed by atoms with Crippen molar-refractivity contribution >= 4 is 0 Å². The minimum Gasteiger partial charge on any atom is -0.484 e. The molecule has 1 aliphatic carbocycles. The standard InChI is InChI=1S/C14H25N3O2/c1-4-6-15-12-8-13(14(12)18-7-5-2)19-11-9-16-17(3)10-11/h9-10,12-15H,4-8H2,1-3H3. The van der Waals surface area contributed by atoms with E-state index in [9.17, 15) is 0 Å². The van der Waals surface area contributed by atoms with E-state index in [1.54, 1.807) is 10.9 Å². The summed E-state index contributed by atoms with van der Waals surface area (Å²) in [6.45, 7) is 6.14. The number of rotatable bonds is 8. The van der Waals surface area contributed by atoms with Gasteiger partial charge in [0.2, 0.25) is 0 Å². The van der Waals surface area contributed by atoms with E-state index >= 15 is 0 Å². The van der Waals surface area contributed by atoms with Gasteiger partial charge in [-0.05, 0) is 19.4 Å². The zero-order valence-corrected chi connectivity index (χ0v) is 12.1. The van der Waals surface area contributed by atoms with E-state index in [0.717, 1.165) is 38.2 Å². The van der Waals surface area contributed by atoms with Gasteiger partial charge in [0.05, 0.1) is 12.4 Å². The van der Waals surface area contributed by atoms with Crippen LogP contribution in [0.1, 0.15) is 33.1 Å². The van der Waals surface area contributed by atoms with Crippen LogP contribution in [0.15, 0.2) is 12.4 Å². The van der Waals surface area contributed by atoms with E-state index in [0.29, 0.717) is 6.04 Å². The molecule has 1 saturated carbocycles. The second-order valence-corrected chi connectivity index (χ2v) is 5.14. The molecule has 0 bridgehead atoms. The zero-order chi connectivity index (χ0) is 13.7. The number of hydrogen-bond acceptors (Lipinski definition) is 4. The van der Waals surface area contributed by atoms with Gasteiger partial charge in [0.1, 0.15) is 12.2 Å². The lowest BCUT2D eigenvalue weighted by Crippen LogP contribution is -2.61. The molecule has 1 aromatic heterocycles. The SMILES string of the molecule is CCCNC1CC(Oc2cnn(C)c2)C1OCCC. The smallest absolute Gasteiger partial charge is 0.157 e. The molecule has 1 heterocycles. The van der Waals surface area contributed by atoms with Crippen molar-refractivity contribution in [1.29, 1.82) is 0 Å². The van der Waals surface area contributed by atoms with Crippen LogP contribution >= 0.6 is 0 Å². The van der Waals surface area contributed by atoms with Crippen molar-refractivity contribution in [3.63, 3.8) is 0 Å². The maximum absolute atomic E-state index is 5.94. The summed E-state index contributed by atoms with van der Waals surface area (Å²) in [6.07, 6.45) is 7.13. The molecular weight excluding hydrogens is 242 g/mol. The lowest BCUT2D eigenvalue weighted by atomic mass is 9.85. The fraction of sp³-hybridized carbons (Fsp3) is 0.786. The van der Waals surface area contributed by atoms with E-state index < -0.39 is 0 Å². The summed E-state index contributed by atoms with van der Waals surface area (Å²) in [7, 11) is 1.89. The van der Waals surface area contributed by atoms with Crippen LogP contribution in [0.2, 0.25) is 0 Å². The summed E-state index contributed by atoms with van der Waals surface area (Å²) in [6, 6.07) is 0.424. The molecule has 0 amide bonds. The molecule has 5 nitrogen and oxygen atoms in total. The lowest BCUT2D eigenvalue weighted by Gasteiger charge is -2.44. The summed E-state index contributed by atoms with van der Waals surface area (Å²) in [4.78, 5) is 0. The van der Waals surface area contributed by atoms with Crippen LogP contribution < -0.4 is 10.1 Å². The molecule has 3 unspecified atom stereocenters. The van der Waals surface area contributed by atoms with Gasteiger partial charge in [-0.15, -0.1) is 0 Å². The highest BCUT2D eigenvalue weighted by atomic mass is 16.5.